The molecule has 5 aromatic rings. The fourth-order valence-corrected chi connectivity index (χ4v) is 6.09. The van der Waals surface area contributed by atoms with Crippen LogP contribution in [-0.2, 0) is 12.8 Å². The minimum atomic E-state index is -1.11. The van der Waals surface area contributed by atoms with Gasteiger partial charge in [0.1, 0.15) is 23.3 Å². The summed E-state index contributed by atoms with van der Waals surface area (Å²) in [6.07, 6.45) is 0.556. The van der Waals surface area contributed by atoms with Crippen LogP contribution in [0.2, 0.25) is 10.0 Å². The number of aryl methyl sites for hydroxylation is 1. The number of rotatable bonds is 7. The standard InChI is InChI=1S/C31H30Cl2N2O4/c1-17(2)38-26-10-7-19(27-14-18-5-3-4-6-25(18)39-27)13-20(26)30(37)35-31(16-36)12-11-24-21(15-31)28-22(32)8-9-23(33)29(28)34-24/h3-10,13-14,17,30,34-37H,11-12,15-16H2,1-2H3. The van der Waals surface area contributed by atoms with Crippen LogP contribution in [0, 0.1) is 0 Å². The number of ether oxygens (including phenoxy) is 1. The van der Waals surface area contributed by atoms with Crippen LogP contribution in [0.4, 0.5) is 0 Å². The molecule has 0 amide bonds. The second kappa shape index (κ2) is 10.2. The van der Waals surface area contributed by atoms with Gasteiger partial charge in [0.25, 0.3) is 0 Å². The molecule has 0 saturated heterocycles. The van der Waals surface area contributed by atoms with Crippen molar-refractivity contribution in [3.8, 4) is 17.1 Å². The highest BCUT2D eigenvalue weighted by molar-refractivity contribution is 6.40. The fourth-order valence-electron chi connectivity index (χ4n) is 5.62. The number of aliphatic hydroxyl groups is 2. The first-order valence-corrected chi connectivity index (χ1v) is 13.9. The predicted octanol–water partition coefficient (Wildman–Crippen LogP) is 7.18. The van der Waals surface area contributed by atoms with Gasteiger partial charge in [-0.25, -0.2) is 0 Å². The first-order valence-electron chi connectivity index (χ1n) is 13.1. The van der Waals surface area contributed by atoms with Crippen LogP contribution >= 0.6 is 23.2 Å². The van der Waals surface area contributed by atoms with Crippen LogP contribution in [0.25, 0.3) is 33.2 Å². The Bertz CT molecular complexity index is 1640. The topological polar surface area (TPSA) is 90.7 Å². The van der Waals surface area contributed by atoms with E-state index in [0.29, 0.717) is 46.4 Å². The Morgan fingerprint density at radius 1 is 1.08 bits per heavy atom. The molecule has 0 radical (unpaired) electrons. The molecule has 0 bridgehead atoms. The fraction of sp³-hybridized carbons (Fsp3) is 0.290. The van der Waals surface area contributed by atoms with Crippen molar-refractivity contribution in [3.63, 3.8) is 0 Å². The summed E-state index contributed by atoms with van der Waals surface area (Å²) in [6.45, 7) is 3.72. The molecule has 39 heavy (non-hydrogen) atoms. The molecule has 0 spiro atoms. The number of aliphatic hydroxyl groups excluding tert-OH is 2. The zero-order chi connectivity index (χ0) is 27.3. The lowest BCUT2D eigenvalue weighted by atomic mass is 9.80. The number of hydrogen-bond donors (Lipinski definition) is 4. The molecule has 4 N–H and O–H groups in total. The molecule has 0 saturated carbocycles. The quantitative estimate of drug-likeness (QED) is 0.157. The smallest absolute Gasteiger partial charge is 0.135 e. The number of benzene rings is 3. The lowest BCUT2D eigenvalue weighted by Gasteiger charge is -2.39. The summed E-state index contributed by atoms with van der Waals surface area (Å²) in [5.74, 6) is 1.27. The largest absolute Gasteiger partial charge is 0.491 e. The second-order valence-electron chi connectivity index (χ2n) is 10.6. The average molecular weight is 565 g/mol. The molecular weight excluding hydrogens is 535 g/mol. The van der Waals surface area contributed by atoms with Gasteiger partial charge in [0.15, 0.2) is 0 Å². The Hall–Kier alpha value is -3.00. The average Bonchev–Trinajstić information content (AvgIpc) is 3.53. The summed E-state index contributed by atoms with van der Waals surface area (Å²) >= 11 is 13.0. The number of furan rings is 1. The van der Waals surface area contributed by atoms with Crippen molar-refractivity contribution in [2.45, 2.75) is 51.0 Å². The summed E-state index contributed by atoms with van der Waals surface area (Å²) in [6, 6.07) is 19.1. The van der Waals surface area contributed by atoms with E-state index in [2.05, 4.69) is 10.3 Å². The number of H-pyrrole nitrogens is 1. The van der Waals surface area contributed by atoms with E-state index in [-0.39, 0.29) is 12.7 Å². The Labute approximate surface area is 236 Å². The molecule has 8 heteroatoms. The third kappa shape index (κ3) is 4.81. The highest BCUT2D eigenvalue weighted by Crippen LogP contribution is 2.41. The molecule has 6 rings (SSSR count). The number of nitrogens with one attached hydrogen (secondary N) is 2. The third-order valence-electron chi connectivity index (χ3n) is 7.54. The summed E-state index contributed by atoms with van der Waals surface area (Å²) in [7, 11) is 0. The van der Waals surface area contributed by atoms with E-state index in [0.717, 1.165) is 38.7 Å². The lowest BCUT2D eigenvalue weighted by molar-refractivity contribution is 0.0479. The molecule has 3 aromatic carbocycles. The maximum absolute atomic E-state index is 11.6. The van der Waals surface area contributed by atoms with Gasteiger partial charge >= 0.3 is 0 Å². The minimum absolute atomic E-state index is 0.0878. The third-order valence-corrected chi connectivity index (χ3v) is 8.17. The lowest BCUT2D eigenvalue weighted by Crippen LogP contribution is -2.53. The molecule has 0 fully saturated rings. The first kappa shape index (κ1) is 26.2. The van der Waals surface area contributed by atoms with Crippen LogP contribution in [0.5, 0.6) is 5.75 Å². The summed E-state index contributed by atoms with van der Waals surface area (Å²) in [5, 5.41) is 28.7. The molecule has 6 nitrogen and oxygen atoms in total. The number of halogens is 2. The van der Waals surface area contributed by atoms with Crippen molar-refractivity contribution in [1.82, 2.24) is 10.3 Å². The highest BCUT2D eigenvalue weighted by atomic mass is 35.5. The Morgan fingerprint density at radius 2 is 1.87 bits per heavy atom. The van der Waals surface area contributed by atoms with Gasteiger partial charge in [0.05, 0.1) is 28.3 Å². The second-order valence-corrected chi connectivity index (χ2v) is 11.4. The molecule has 2 aromatic heterocycles. The summed E-state index contributed by atoms with van der Waals surface area (Å²) in [5.41, 5.74) is 4.26. The van der Waals surface area contributed by atoms with Crippen molar-refractivity contribution in [2.24, 2.45) is 0 Å². The number of fused-ring (bicyclic) bond motifs is 4. The Kier molecular flexibility index (Phi) is 6.86. The van der Waals surface area contributed by atoms with Crippen LogP contribution in [0.1, 0.15) is 43.3 Å². The highest BCUT2D eigenvalue weighted by Gasteiger charge is 2.38. The summed E-state index contributed by atoms with van der Waals surface area (Å²) in [4.78, 5) is 3.42. The number of para-hydroxylation sites is 1. The van der Waals surface area contributed by atoms with Gasteiger partial charge in [-0.15, -0.1) is 0 Å². The molecule has 1 aliphatic rings. The van der Waals surface area contributed by atoms with E-state index in [1.54, 1.807) is 12.1 Å². The van der Waals surface area contributed by atoms with Crippen molar-refractivity contribution in [3.05, 3.63) is 87.5 Å². The SMILES string of the molecule is CC(C)Oc1ccc(-c2cc3ccccc3o2)cc1C(O)NC1(CO)CCc2[nH]c3c(Cl)ccc(Cl)c3c2C1. The summed E-state index contributed by atoms with van der Waals surface area (Å²) < 4.78 is 12.2. The van der Waals surface area contributed by atoms with Gasteiger partial charge in [-0.3, -0.25) is 5.32 Å². The van der Waals surface area contributed by atoms with Crippen molar-refractivity contribution in [2.75, 3.05) is 6.61 Å². The molecule has 0 aliphatic heterocycles. The van der Waals surface area contributed by atoms with Crippen LogP contribution < -0.4 is 10.1 Å². The van der Waals surface area contributed by atoms with E-state index in [1.165, 1.54) is 0 Å². The van der Waals surface area contributed by atoms with Gasteiger partial charge in [-0.1, -0.05) is 41.4 Å². The molecule has 2 atom stereocenters. The first-order chi connectivity index (χ1) is 18.8. The monoisotopic (exact) mass is 564 g/mol. The van der Waals surface area contributed by atoms with Crippen LogP contribution in [0.3, 0.4) is 0 Å². The normalized spacial score (nSPS) is 18.1. The van der Waals surface area contributed by atoms with Gasteiger partial charge < -0.3 is 24.4 Å². The maximum atomic E-state index is 11.6. The number of aromatic nitrogens is 1. The van der Waals surface area contributed by atoms with Crippen molar-refractivity contribution in [1.29, 1.82) is 0 Å². The van der Waals surface area contributed by atoms with E-state index in [9.17, 15) is 10.2 Å². The zero-order valence-corrected chi connectivity index (χ0v) is 23.2. The molecule has 2 heterocycles. The number of hydrogen-bond acceptors (Lipinski definition) is 5. The van der Waals surface area contributed by atoms with Gasteiger partial charge in [-0.05, 0) is 81.1 Å². The Morgan fingerprint density at radius 3 is 2.64 bits per heavy atom. The van der Waals surface area contributed by atoms with E-state index < -0.39 is 11.8 Å². The predicted molar refractivity (Wildman–Crippen MR) is 156 cm³/mol. The molecular formula is C31H30Cl2N2O4. The van der Waals surface area contributed by atoms with Crippen LogP contribution in [-0.4, -0.2) is 33.4 Å². The molecule has 202 valence electrons. The van der Waals surface area contributed by atoms with Gasteiger partial charge in [0, 0.05) is 33.1 Å². The van der Waals surface area contributed by atoms with Gasteiger partial charge in [0.2, 0.25) is 0 Å². The van der Waals surface area contributed by atoms with E-state index in [4.69, 9.17) is 32.4 Å². The molecule has 2 unspecified atom stereocenters. The van der Waals surface area contributed by atoms with Crippen molar-refractivity contribution >= 4 is 45.1 Å². The Balaban J connectivity index is 1.36. The number of aromatic amines is 1. The van der Waals surface area contributed by atoms with Crippen molar-refractivity contribution < 1.29 is 19.4 Å². The van der Waals surface area contributed by atoms with E-state index in [1.807, 2.05) is 62.4 Å². The zero-order valence-electron chi connectivity index (χ0n) is 21.7. The van der Waals surface area contributed by atoms with E-state index >= 15 is 0 Å². The minimum Gasteiger partial charge on any atom is -0.491 e. The maximum Gasteiger partial charge on any atom is 0.135 e. The molecule has 1 aliphatic carbocycles. The van der Waals surface area contributed by atoms with Gasteiger partial charge in [-0.2, -0.15) is 0 Å². The van der Waals surface area contributed by atoms with Crippen LogP contribution in [0.15, 0.2) is 65.1 Å².